The molecule has 0 saturated carbocycles. The summed E-state index contributed by atoms with van der Waals surface area (Å²) < 4.78 is 0. The molecule has 1 atom stereocenters. The molecule has 72 valence electrons. The zero-order chi connectivity index (χ0) is 9.56. The fourth-order valence-electron chi connectivity index (χ4n) is 1.61. The Labute approximate surface area is 78.1 Å². The Hall–Kier alpha value is -0.260. The lowest BCUT2D eigenvalue weighted by molar-refractivity contribution is 0.480. The van der Waals surface area contributed by atoms with Crippen LogP contribution in [-0.4, -0.2) is 0 Å². The van der Waals surface area contributed by atoms with Crippen molar-refractivity contribution >= 4 is 0 Å². The Morgan fingerprint density at radius 1 is 1.33 bits per heavy atom. The standard InChI is InChI=1S/C10H18.C2H6/c1-8(2)10-6-4-5-9(3)7-10;1-2/h6,8-9H,4-5,7H2,1-3H3;1-2H3. The van der Waals surface area contributed by atoms with Gasteiger partial charge in [-0.05, 0) is 31.1 Å². The molecule has 12 heavy (non-hydrogen) atoms. The van der Waals surface area contributed by atoms with E-state index in [1.807, 2.05) is 13.8 Å². The third kappa shape index (κ3) is 3.94. The molecule has 0 heterocycles. The monoisotopic (exact) mass is 168 g/mol. The molecule has 0 aromatic rings. The summed E-state index contributed by atoms with van der Waals surface area (Å²) in [7, 11) is 0. The van der Waals surface area contributed by atoms with E-state index in [9.17, 15) is 0 Å². The van der Waals surface area contributed by atoms with Crippen LogP contribution in [0, 0.1) is 11.8 Å². The molecule has 0 aliphatic heterocycles. The zero-order valence-corrected chi connectivity index (χ0v) is 9.35. The molecule has 1 unspecified atom stereocenters. The van der Waals surface area contributed by atoms with Crippen LogP contribution in [0.25, 0.3) is 0 Å². The summed E-state index contributed by atoms with van der Waals surface area (Å²) in [5.41, 5.74) is 1.68. The largest absolute Gasteiger partial charge is 0.0851 e. The predicted molar refractivity (Wildman–Crippen MR) is 57.3 cm³/mol. The molecule has 0 fully saturated rings. The molecule has 0 amide bonds. The zero-order valence-electron chi connectivity index (χ0n) is 9.35. The number of allylic oxidation sites excluding steroid dienone is 2. The van der Waals surface area contributed by atoms with Gasteiger partial charge >= 0.3 is 0 Å². The maximum Gasteiger partial charge on any atom is -0.0260 e. The van der Waals surface area contributed by atoms with Gasteiger partial charge in [0.1, 0.15) is 0 Å². The molecule has 0 nitrogen and oxygen atoms in total. The van der Waals surface area contributed by atoms with E-state index in [-0.39, 0.29) is 0 Å². The molecule has 0 saturated heterocycles. The summed E-state index contributed by atoms with van der Waals surface area (Å²) in [4.78, 5) is 0. The second-order valence-electron chi connectivity index (χ2n) is 3.82. The molecular weight excluding hydrogens is 144 g/mol. The Morgan fingerprint density at radius 2 is 1.92 bits per heavy atom. The van der Waals surface area contributed by atoms with Crippen LogP contribution in [0.3, 0.4) is 0 Å². The molecule has 0 N–H and O–H groups in total. The van der Waals surface area contributed by atoms with Crippen molar-refractivity contribution in [3.63, 3.8) is 0 Å². The van der Waals surface area contributed by atoms with Crippen LogP contribution < -0.4 is 0 Å². The van der Waals surface area contributed by atoms with Gasteiger partial charge in [0.15, 0.2) is 0 Å². The maximum atomic E-state index is 2.44. The van der Waals surface area contributed by atoms with Crippen LogP contribution in [0.15, 0.2) is 11.6 Å². The van der Waals surface area contributed by atoms with Crippen molar-refractivity contribution in [1.82, 2.24) is 0 Å². The van der Waals surface area contributed by atoms with Gasteiger partial charge < -0.3 is 0 Å². The Bertz CT molecular complexity index is 131. The first-order valence-electron chi connectivity index (χ1n) is 5.39. The van der Waals surface area contributed by atoms with Crippen LogP contribution in [0.4, 0.5) is 0 Å². The first-order valence-corrected chi connectivity index (χ1v) is 5.39. The van der Waals surface area contributed by atoms with Crippen molar-refractivity contribution in [2.75, 3.05) is 0 Å². The van der Waals surface area contributed by atoms with Crippen molar-refractivity contribution in [3.8, 4) is 0 Å². The van der Waals surface area contributed by atoms with Gasteiger partial charge in [0.25, 0.3) is 0 Å². The molecule has 1 aliphatic rings. The second-order valence-corrected chi connectivity index (χ2v) is 3.82. The van der Waals surface area contributed by atoms with Crippen LogP contribution in [0.5, 0.6) is 0 Å². The summed E-state index contributed by atoms with van der Waals surface area (Å²) in [6, 6.07) is 0. The van der Waals surface area contributed by atoms with Crippen molar-refractivity contribution in [3.05, 3.63) is 11.6 Å². The van der Waals surface area contributed by atoms with Crippen molar-refractivity contribution in [2.45, 2.75) is 53.9 Å². The fourth-order valence-corrected chi connectivity index (χ4v) is 1.61. The third-order valence-corrected chi connectivity index (χ3v) is 2.39. The average molecular weight is 168 g/mol. The number of rotatable bonds is 1. The van der Waals surface area contributed by atoms with E-state index in [2.05, 4.69) is 26.8 Å². The highest BCUT2D eigenvalue weighted by Crippen LogP contribution is 2.27. The minimum atomic E-state index is 0.780. The summed E-state index contributed by atoms with van der Waals surface area (Å²) >= 11 is 0. The van der Waals surface area contributed by atoms with E-state index in [0.29, 0.717) is 0 Å². The smallest absolute Gasteiger partial charge is 0.0260 e. The van der Waals surface area contributed by atoms with Crippen LogP contribution in [-0.2, 0) is 0 Å². The van der Waals surface area contributed by atoms with E-state index >= 15 is 0 Å². The molecular formula is C12H24. The molecule has 0 spiro atoms. The van der Waals surface area contributed by atoms with Gasteiger partial charge in [-0.1, -0.05) is 46.3 Å². The first kappa shape index (κ1) is 11.7. The number of hydrogen-bond donors (Lipinski definition) is 0. The molecule has 0 radical (unpaired) electrons. The van der Waals surface area contributed by atoms with E-state index < -0.39 is 0 Å². The summed E-state index contributed by atoms with van der Waals surface area (Å²) in [6.07, 6.45) is 6.49. The predicted octanol–water partition coefficient (Wildman–Crippen LogP) is 4.42. The minimum Gasteiger partial charge on any atom is -0.0851 e. The maximum absolute atomic E-state index is 2.44. The van der Waals surface area contributed by atoms with Gasteiger partial charge in [-0.2, -0.15) is 0 Å². The minimum absolute atomic E-state index is 0.780. The van der Waals surface area contributed by atoms with Crippen molar-refractivity contribution < 1.29 is 0 Å². The molecule has 1 aliphatic carbocycles. The summed E-state index contributed by atoms with van der Waals surface area (Å²) in [6.45, 7) is 10.9. The van der Waals surface area contributed by atoms with Crippen molar-refractivity contribution in [2.24, 2.45) is 11.8 Å². The van der Waals surface area contributed by atoms with E-state index in [0.717, 1.165) is 11.8 Å². The van der Waals surface area contributed by atoms with Gasteiger partial charge in [0.05, 0.1) is 0 Å². The normalized spacial score (nSPS) is 22.8. The quantitative estimate of drug-likeness (QED) is 0.509. The third-order valence-electron chi connectivity index (χ3n) is 2.39. The lowest BCUT2D eigenvalue weighted by Gasteiger charge is -2.21. The lowest BCUT2D eigenvalue weighted by Crippen LogP contribution is -2.06. The molecule has 1 rings (SSSR count). The highest BCUT2D eigenvalue weighted by molar-refractivity contribution is 5.08. The summed E-state index contributed by atoms with van der Waals surface area (Å²) in [5.74, 6) is 1.71. The lowest BCUT2D eigenvalue weighted by atomic mass is 9.85. The molecule has 0 aromatic heterocycles. The first-order chi connectivity index (χ1) is 5.70. The van der Waals surface area contributed by atoms with Crippen LogP contribution >= 0.6 is 0 Å². The van der Waals surface area contributed by atoms with Crippen LogP contribution in [0.2, 0.25) is 0 Å². The van der Waals surface area contributed by atoms with Gasteiger partial charge in [-0.25, -0.2) is 0 Å². The van der Waals surface area contributed by atoms with Gasteiger partial charge in [0.2, 0.25) is 0 Å². The van der Waals surface area contributed by atoms with Gasteiger partial charge in [0, 0.05) is 0 Å². The van der Waals surface area contributed by atoms with Gasteiger partial charge in [-0.3, -0.25) is 0 Å². The second kappa shape index (κ2) is 6.28. The van der Waals surface area contributed by atoms with E-state index in [1.54, 1.807) is 5.57 Å². The topological polar surface area (TPSA) is 0 Å². The average Bonchev–Trinajstić information content (AvgIpc) is 2.08. The highest BCUT2D eigenvalue weighted by Gasteiger charge is 2.12. The Balaban J connectivity index is 0.000000561. The molecule has 0 aromatic carbocycles. The summed E-state index contributed by atoms with van der Waals surface area (Å²) in [5, 5.41) is 0. The van der Waals surface area contributed by atoms with E-state index in [1.165, 1.54) is 19.3 Å². The van der Waals surface area contributed by atoms with Crippen molar-refractivity contribution in [1.29, 1.82) is 0 Å². The number of hydrogen-bond acceptors (Lipinski definition) is 0. The molecule has 0 bridgehead atoms. The Morgan fingerprint density at radius 3 is 2.25 bits per heavy atom. The van der Waals surface area contributed by atoms with Crippen LogP contribution in [0.1, 0.15) is 53.9 Å². The van der Waals surface area contributed by atoms with Gasteiger partial charge in [-0.15, -0.1) is 0 Å². The van der Waals surface area contributed by atoms with E-state index in [4.69, 9.17) is 0 Å². The Kier molecular flexibility index (Phi) is 6.14. The fraction of sp³-hybridized carbons (Fsp3) is 0.833. The molecule has 0 heteroatoms. The highest BCUT2D eigenvalue weighted by atomic mass is 14.2. The SMILES string of the molecule is CC.CC1CCC=C(C(C)C)C1.